The van der Waals surface area contributed by atoms with Gasteiger partial charge >= 0.3 is 12.1 Å². The van der Waals surface area contributed by atoms with E-state index in [-0.39, 0.29) is 24.2 Å². The summed E-state index contributed by atoms with van der Waals surface area (Å²) in [7, 11) is 0. The molecule has 2 amide bonds. The van der Waals surface area contributed by atoms with Crippen molar-refractivity contribution < 1.29 is 24.6 Å². The number of hydrogen-bond donors (Lipinski definition) is 2. The van der Waals surface area contributed by atoms with Gasteiger partial charge in [0.15, 0.2) is 0 Å². The van der Waals surface area contributed by atoms with Gasteiger partial charge in [0.2, 0.25) is 0 Å². The Hall–Kier alpha value is -3.16. The largest absolute Gasteiger partial charge is 0.477 e. The van der Waals surface area contributed by atoms with Crippen LogP contribution in [-0.4, -0.2) is 61.6 Å². The van der Waals surface area contributed by atoms with Crippen LogP contribution in [0.4, 0.5) is 4.79 Å². The first-order chi connectivity index (χ1) is 12.0. The highest BCUT2D eigenvalue weighted by Crippen LogP contribution is 2.47. The van der Waals surface area contributed by atoms with Gasteiger partial charge in [-0.15, -0.1) is 0 Å². The van der Waals surface area contributed by atoms with E-state index in [1.54, 1.807) is 30.6 Å². The fourth-order valence-corrected chi connectivity index (χ4v) is 3.99. The molecule has 3 aliphatic rings. The minimum absolute atomic E-state index is 0.0464. The number of pyridine rings is 1. The second kappa shape index (κ2) is 5.44. The van der Waals surface area contributed by atoms with Gasteiger partial charge in [0, 0.05) is 24.9 Å². The second-order valence-corrected chi connectivity index (χ2v) is 6.34. The molecule has 8 nitrogen and oxygen atoms in total. The molecular formula is C17H15N3O5. The monoisotopic (exact) mass is 341 g/mol. The number of carbonyl (C=O) groups excluding carboxylic acids is 1. The van der Waals surface area contributed by atoms with Crippen molar-refractivity contribution in [1.29, 1.82) is 0 Å². The molecule has 0 bridgehead atoms. The molecule has 3 aliphatic heterocycles. The number of carbonyl (C=O) groups is 3. The van der Waals surface area contributed by atoms with Gasteiger partial charge in [0.25, 0.3) is 5.91 Å². The lowest BCUT2D eigenvalue weighted by atomic mass is 9.79. The molecule has 4 heterocycles. The summed E-state index contributed by atoms with van der Waals surface area (Å²) in [5, 5.41) is 18.9. The summed E-state index contributed by atoms with van der Waals surface area (Å²) >= 11 is 0. The predicted molar refractivity (Wildman–Crippen MR) is 85.2 cm³/mol. The van der Waals surface area contributed by atoms with Crippen LogP contribution in [0.5, 0.6) is 0 Å². The lowest BCUT2D eigenvalue weighted by Crippen LogP contribution is -2.69. The molecule has 3 atom stereocenters. The van der Waals surface area contributed by atoms with Crippen LogP contribution in [0.3, 0.4) is 0 Å². The Balaban J connectivity index is 1.70. The van der Waals surface area contributed by atoms with Gasteiger partial charge in [0.05, 0.1) is 6.04 Å². The maximum absolute atomic E-state index is 12.4. The van der Waals surface area contributed by atoms with E-state index in [2.05, 4.69) is 4.98 Å². The van der Waals surface area contributed by atoms with Gasteiger partial charge in [-0.2, -0.15) is 0 Å². The van der Waals surface area contributed by atoms with Crippen LogP contribution in [-0.2, 0) is 9.59 Å². The third kappa shape index (κ3) is 2.21. The molecule has 0 aliphatic carbocycles. The highest BCUT2D eigenvalue weighted by Gasteiger charge is 2.64. The van der Waals surface area contributed by atoms with Crippen molar-refractivity contribution in [3.63, 3.8) is 0 Å². The summed E-state index contributed by atoms with van der Waals surface area (Å²) in [6, 6.07) is 2.49. The molecule has 0 aromatic carbocycles. The van der Waals surface area contributed by atoms with E-state index in [0.29, 0.717) is 12.0 Å². The van der Waals surface area contributed by atoms with E-state index in [1.807, 2.05) is 6.07 Å². The van der Waals surface area contributed by atoms with Crippen LogP contribution in [0.25, 0.3) is 6.08 Å². The Morgan fingerprint density at radius 1 is 1.28 bits per heavy atom. The smallest absolute Gasteiger partial charge is 0.408 e. The van der Waals surface area contributed by atoms with Crippen molar-refractivity contribution in [1.82, 2.24) is 14.8 Å². The lowest BCUT2D eigenvalue weighted by molar-refractivity contribution is -0.156. The normalized spacial score (nSPS) is 27.5. The third-order valence-corrected chi connectivity index (χ3v) is 5.00. The fourth-order valence-electron chi connectivity index (χ4n) is 3.99. The zero-order chi connectivity index (χ0) is 17.7. The number of carboxylic acid groups (broad SMARTS) is 2. The van der Waals surface area contributed by atoms with Crippen molar-refractivity contribution in [3.8, 4) is 0 Å². The molecule has 128 valence electrons. The topological polar surface area (TPSA) is 111 Å². The number of allylic oxidation sites excluding steroid dienone is 2. The first kappa shape index (κ1) is 15.4. The molecule has 2 saturated heterocycles. The molecule has 0 saturated carbocycles. The zero-order valence-corrected chi connectivity index (χ0v) is 13.1. The second-order valence-electron chi connectivity index (χ2n) is 6.34. The molecular weight excluding hydrogens is 326 g/mol. The van der Waals surface area contributed by atoms with E-state index in [1.165, 1.54) is 4.90 Å². The van der Waals surface area contributed by atoms with E-state index in [4.69, 9.17) is 0 Å². The molecule has 4 rings (SSSR count). The number of rotatable bonds is 3. The summed E-state index contributed by atoms with van der Waals surface area (Å²) in [6.07, 6.45) is 6.00. The number of nitrogens with zero attached hydrogens (tertiary/aromatic N) is 3. The van der Waals surface area contributed by atoms with Crippen LogP contribution in [0.2, 0.25) is 0 Å². The summed E-state index contributed by atoms with van der Waals surface area (Å²) in [6.45, 7) is 0.240. The molecule has 2 N–H and O–H groups in total. The van der Waals surface area contributed by atoms with Crippen molar-refractivity contribution in [2.24, 2.45) is 5.92 Å². The van der Waals surface area contributed by atoms with Crippen molar-refractivity contribution >= 4 is 24.0 Å². The third-order valence-electron chi connectivity index (χ3n) is 5.00. The van der Waals surface area contributed by atoms with Crippen molar-refractivity contribution in [2.45, 2.75) is 18.5 Å². The molecule has 1 aromatic heterocycles. The van der Waals surface area contributed by atoms with E-state index in [0.717, 1.165) is 10.5 Å². The number of β-lactam (4-membered cyclic amide) rings is 1. The summed E-state index contributed by atoms with van der Waals surface area (Å²) in [5.74, 6) is -1.72. The van der Waals surface area contributed by atoms with E-state index >= 15 is 0 Å². The molecule has 1 aromatic rings. The first-order valence-corrected chi connectivity index (χ1v) is 7.86. The maximum Gasteiger partial charge on any atom is 0.408 e. The van der Waals surface area contributed by atoms with Gasteiger partial charge in [-0.05, 0) is 23.6 Å². The number of hydrogen-bond acceptors (Lipinski definition) is 4. The van der Waals surface area contributed by atoms with Crippen LogP contribution < -0.4 is 0 Å². The lowest BCUT2D eigenvalue weighted by Gasteiger charge is -2.49. The average molecular weight is 341 g/mol. The standard InChI is InChI=1S/C17H15N3O5/c21-15-14-12-11(8-19(14)17(24)25)6-10(13(16(22)23)20(12)15)4-3-9-2-1-5-18-7-9/h1-5,7,11-12,14H,6,8H2,(H,22,23)(H,24,25)/b4-3+/t11-,12-,14+/m1/s1. The van der Waals surface area contributed by atoms with E-state index in [9.17, 15) is 24.6 Å². The molecule has 25 heavy (non-hydrogen) atoms. The molecule has 0 radical (unpaired) electrons. The Morgan fingerprint density at radius 2 is 2.08 bits per heavy atom. The SMILES string of the molecule is O=C(O)C1=C(/C=C/c2cccnc2)C[C@@H]2CN(C(=O)O)[C@@H]3C(=O)N1[C@H]23. The van der Waals surface area contributed by atoms with Gasteiger partial charge < -0.3 is 10.2 Å². The Morgan fingerprint density at radius 3 is 2.72 bits per heavy atom. The van der Waals surface area contributed by atoms with Crippen LogP contribution >= 0.6 is 0 Å². The average Bonchev–Trinajstić information content (AvgIpc) is 2.96. The van der Waals surface area contributed by atoms with Crippen LogP contribution in [0, 0.1) is 5.92 Å². The number of amides is 2. The molecule has 8 heteroatoms. The zero-order valence-electron chi connectivity index (χ0n) is 13.1. The maximum atomic E-state index is 12.4. The highest BCUT2D eigenvalue weighted by atomic mass is 16.4. The van der Waals surface area contributed by atoms with Crippen molar-refractivity contribution in [3.05, 3.63) is 47.4 Å². The van der Waals surface area contributed by atoms with Gasteiger partial charge in [-0.25, -0.2) is 9.59 Å². The number of aromatic nitrogens is 1. The number of carboxylic acids is 1. The summed E-state index contributed by atoms with van der Waals surface area (Å²) < 4.78 is 0. The quantitative estimate of drug-likeness (QED) is 0.794. The van der Waals surface area contributed by atoms with Crippen molar-refractivity contribution in [2.75, 3.05) is 6.54 Å². The Bertz CT molecular complexity index is 832. The molecule has 0 unspecified atom stereocenters. The summed E-state index contributed by atoms with van der Waals surface area (Å²) in [5.41, 5.74) is 1.29. The fraction of sp³-hybridized carbons (Fsp3) is 0.294. The van der Waals surface area contributed by atoms with Gasteiger partial charge in [0.1, 0.15) is 11.7 Å². The minimum Gasteiger partial charge on any atom is -0.477 e. The number of likely N-dealkylation sites (tertiary alicyclic amines) is 1. The minimum atomic E-state index is -1.18. The number of aliphatic carboxylic acids is 1. The van der Waals surface area contributed by atoms with E-state index < -0.39 is 24.0 Å². The Kier molecular flexibility index (Phi) is 3.34. The van der Waals surface area contributed by atoms with Gasteiger partial charge in [-0.3, -0.25) is 19.6 Å². The molecule has 2 fully saturated rings. The Labute approximate surface area is 142 Å². The first-order valence-electron chi connectivity index (χ1n) is 7.86. The summed E-state index contributed by atoms with van der Waals surface area (Å²) in [4.78, 5) is 41.8. The van der Waals surface area contributed by atoms with Crippen LogP contribution in [0.15, 0.2) is 41.9 Å². The van der Waals surface area contributed by atoms with Crippen LogP contribution in [0.1, 0.15) is 12.0 Å². The predicted octanol–water partition coefficient (Wildman–Crippen LogP) is 1.03. The molecule has 0 spiro atoms. The highest BCUT2D eigenvalue weighted by molar-refractivity contribution is 6.02. The van der Waals surface area contributed by atoms with Gasteiger partial charge in [-0.1, -0.05) is 18.2 Å².